The van der Waals surface area contributed by atoms with Crippen molar-refractivity contribution >= 4 is 0 Å². The van der Waals surface area contributed by atoms with Crippen LogP contribution in [0.4, 0.5) is 13.2 Å². The lowest BCUT2D eigenvalue weighted by molar-refractivity contribution is -0.144. The zero-order valence-electron chi connectivity index (χ0n) is 9.49. The summed E-state index contributed by atoms with van der Waals surface area (Å²) in [5.74, 6) is -0.134. The van der Waals surface area contributed by atoms with Crippen LogP contribution in [0.3, 0.4) is 0 Å². The highest BCUT2D eigenvalue weighted by molar-refractivity contribution is 5.61. The maximum absolute atomic E-state index is 12.4. The smallest absolute Gasteiger partial charge is 0.451 e. The third kappa shape index (κ3) is 2.20. The van der Waals surface area contributed by atoms with Gasteiger partial charge in [0.2, 0.25) is 5.82 Å². The van der Waals surface area contributed by atoms with E-state index in [0.29, 0.717) is 30.3 Å². The van der Waals surface area contributed by atoms with E-state index < -0.39 is 12.0 Å². The first-order valence-electron chi connectivity index (χ1n) is 5.44. The molecule has 0 radical (unpaired) electrons. The van der Waals surface area contributed by atoms with E-state index in [9.17, 15) is 13.2 Å². The van der Waals surface area contributed by atoms with E-state index in [0.717, 1.165) is 0 Å². The number of hydrogen-bond donors (Lipinski definition) is 1. The van der Waals surface area contributed by atoms with Crippen molar-refractivity contribution in [2.75, 3.05) is 13.2 Å². The molecule has 0 unspecified atom stereocenters. The Kier molecular flexibility index (Phi) is 2.58. The number of rotatable bonds is 1. The van der Waals surface area contributed by atoms with Crippen molar-refractivity contribution in [2.24, 2.45) is 0 Å². The average molecular weight is 271 g/mol. The molecule has 100 valence electrons. The highest BCUT2D eigenvalue weighted by atomic mass is 19.4. The molecule has 0 atom stereocenters. The number of alkyl halides is 3. The molecule has 3 rings (SSSR count). The monoisotopic (exact) mass is 271 g/mol. The minimum absolute atomic E-state index is 0.0377. The van der Waals surface area contributed by atoms with Gasteiger partial charge < -0.3 is 9.47 Å². The number of H-pyrrole nitrogens is 1. The molecule has 1 N–H and O–H groups in total. The van der Waals surface area contributed by atoms with E-state index in [1.165, 1.54) is 0 Å². The molecule has 0 amide bonds. The van der Waals surface area contributed by atoms with E-state index in [-0.39, 0.29) is 5.82 Å². The summed E-state index contributed by atoms with van der Waals surface area (Å²) >= 11 is 0. The van der Waals surface area contributed by atoms with E-state index in [1.807, 2.05) is 5.10 Å². The van der Waals surface area contributed by atoms with Crippen molar-refractivity contribution in [1.29, 1.82) is 0 Å². The van der Waals surface area contributed by atoms with Gasteiger partial charge in [-0.2, -0.15) is 18.3 Å². The van der Waals surface area contributed by atoms with Gasteiger partial charge in [0.15, 0.2) is 17.3 Å². The lowest BCUT2D eigenvalue weighted by Crippen LogP contribution is -2.15. The van der Waals surface area contributed by atoms with Crippen molar-refractivity contribution in [3.05, 3.63) is 24.0 Å². The molecule has 0 aliphatic carbocycles. The largest absolute Gasteiger partial charge is 0.486 e. The normalized spacial score (nSPS) is 14.5. The first kappa shape index (κ1) is 11.8. The number of nitrogens with one attached hydrogen (secondary N) is 1. The van der Waals surface area contributed by atoms with Gasteiger partial charge >= 0.3 is 6.18 Å². The predicted molar refractivity (Wildman–Crippen MR) is 57.8 cm³/mol. The fraction of sp³-hybridized carbons (Fsp3) is 0.273. The van der Waals surface area contributed by atoms with Crippen LogP contribution in [0.2, 0.25) is 0 Å². The summed E-state index contributed by atoms with van der Waals surface area (Å²) in [4.78, 5) is 3.41. The fourth-order valence-corrected chi connectivity index (χ4v) is 1.70. The molecule has 2 aromatic rings. The topological polar surface area (TPSA) is 60.0 Å². The van der Waals surface area contributed by atoms with Gasteiger partial charge in [0.1, 0.15) is 13.2 Å². The van der Waals surface area contributed by atoms with Crippen LogP contribution in [-0.2, 0) is 6.18 Å². The van der Waals surface area contributed by atoms with Gasteiger partial charge in [-0.1, -0.05) is 0 Å². The Bertz CT molecular complexity index is 609. The molecule has 8 heteroatoms. The first-order chi connectivity index (χ1) is 9.04. The zero-order chi connectivity index (χ0) is 13.5. The second kappa shape index (κ2) is 4.15. The van der Waals surface area contributed by atoms with Gasteiger partial charge in [0.05, 0.1) is 0 Å². The van der Waals surface area contributed by atoms with Crippen molar-refractivity contribution in [2.45, 2.75) is 6.18 Å². The molecular weight excluding hydrogens is 263 g/mol. The number of ether oxygens (including phenoxy) is 2. The number of benzene rings is 1. The van der Waals surface area contributed by atoms with E-state index in [2.05, 4.69) is 10.1 Å². The average Bonchev–Trinajstić information content (AvgIpc) is 2.87. The molecule has 2 heterocycles. The molecule has 0 saturated heterocycles. The Labute approximate surface area is 105 Å². The van der Waals surface area contributed by atoms with Gasteiger partial charge in [-0.25, -0.2) is 4.98 Å². The fourth-order valence-electron chi connectivity index (χ4n) is 1.70. The highest BCUT2D eigenvalue weighted by Crippen LogP contribution is 2.34. The zero-order valence-corrected chi connectivity index (χ0v) is 9.49. The van der Waals surface area contributed by atoms with Crippen molar-refractivity contribution in [3.63, 3.8) is 0 Å². The molecule has 19 heavy (non-hydrogen) atoms. The van der Waals surface area contributed by atoms with Crippen LogP contribution in [0.15, 0.2) is 18.2 Å². The van der Waals surface area contributed by atoms with Crippen molar-refractivity contribution in [3.8, 4) is 22.9 Å². The summed E-state index contributed by atoms with van der Waals surface area (Å²) in [6.07, 6.45) is -4.54. The lowest BCUT2D eigenvalue weighted by atomic mass is 10.2. The second-order valence-corrected chi connectivity index (χ2v) is 3.86. The van der Waals surface area contributed by atoms with Crippen molar-refractivity contribution < 1.29 is 22.6 Å². The molecule has 0 bridgehead atoms. The van der Waals surface area contributed by atoms with Crippen LogP contribution in [0, 0.1) is 0 Å². The quantitative estimate of drug-likeness (QED) is 0.864. The Balaban J connectivity index is 1.96. The molecule has 0 fully saturated rings. The molecular formula is C11H8F3N3O2. The molecule has 0 saturated carbocycles. The number of nitrogens with zero attached hydrogens (tertiary/aromatic N) is 2. The second-order valence-electron chi connectivity index (χ2n) is 3.86. The SMILES string of the molecule is FC(F)(F)c1nc(-c2ccc3c(c2)OCCO3)n[nH]1. The summed E-state index contributed by atoms with van der Waals surface area (Å²) in [6.45, 7) is 0.851. The standard InChI is InChI=1S/C11H8F3N3O2/c12-11(13,14)10-15-9(16-17-10)6-1-2-7-8(5-6)19-4-3-18-7/h1-2,5H,3-4H2,(H,15,16,17). The van der Waals surface area contributed by atoms with Gasteiger partial charge in [-0.3, -0.25) is 5.10 Å². The third-order valence-electron chi connectivity index (χ3n) is 2.55. The summed E-state index contributed by atoms with van der Waals surface area (Å²) in [6, 6.07) is 4.75. The highest BCUT2D eigenvalue weighted by Gasteiger charge is 2.35. The molecule has 0 spiro atoms. The molecule has 1 aromatic carbocycles. The van der Waals surface area contributed by atoms with E-state index in [4.69, 9.17) is 9.47 Å². The summed E-state index contributed by atoms with van der Waals surface area (Å²) in [5, 5.41) is 5.42. The molecule has 1 aliphatic rings. The first-order valence-corrected chi connectivity index (χ1v) is 5.44. The van der Waals surface area contributed by atoms with Gasteiger partial charge in [0.25, 0.3) is 0 Å². The minimum Gasteiger partial charge on any atom is -0.486 e. The van der Waals surface area contributed by atoms with Crippen LogP contribution in [0.1, 0.15) is 5.82 Å². The maximum Gasteiger partial charge on any atom is 0.451 e. The van der Waals surface area contributed by atoms with Crippen LogP contribution >= 0.6 is 0 Å². The third-order valence-corrected chi connectivity index (χ3v) is 2.55. The van der Waals surface area contributed by atoms with Crippen LogP contribution in [0.5, 0.6) is 11.5 Å². The Morgan fingerprint density at radius 3 is 2.53 bits per heavy atom. The maximum atomic E-state index is 12.4. The van der Waals surface area contributed by atoms with Crippen molar-refractivity contribution in [1.82, 2.24) is 15.2 Å². The van der Waals surface area contributed by atoms with Gasteiger partial charge in [-0.15, -0.1) is 0 Å². The van der Waals surface area contributed by atoms with Crippen LogP contribution < -0.4 is 9.47 Å². The van der Waals surface area contributed by atoms with Gasteiger partial charge in [0, 0.05) is 5.56 Å². The van der Waals surface area contributed by atoms with E-state index in [1.54, 1.807) is 18.2 Å². The lowest BCUT2D eigenvalue weighted by Gasteiger charge is -2.18. The number of hydrogen-bond acceptors (Lipinski definition) is 4. The number of halogens is 3. The molecule has 1 aromatic heterocycles. The summed E-state index contributed by atoms with van der Waals surface area (Å²) in [7, 11) is 0. The minimum atomic E-state index is -4.54. The van der Waals surface area contributed by atoms with Crippen LogP contribution in [-0.4, -0.2) is 28.4 Å². The molecule has 1 aliphatic heterocycles. The number of aromatic amines is 1. The summed E-state index contributed by atoms with van der Waals surface area (Å²) < 4.78 is 47.9. The number of aromatic nitrogens is 3. The van der Waals surface area contributed by atoms with Gasteiger partial charge in [-0.05, 0) is 18.2 Å². The molecule has 5 nitrogen and oxygen atoms in total. The number of fused-ring (bicyclic) bond motifs is 1. The van der Waals surface area contributed by atoms with Crippen LogP contribution in [0.25, 0.3) is 11.4 Å². The Morgan fingerprint density at radius 1 is 1.11 bits per heavy atom. The Hall–Kier alpha value is -2.25. The Morgan fingerprint density at radius 2 is 1.84 bits per heavy atom. The predicted octanol–water partition coefficient (Wildman–Crippen LogP) is 2.26. The summed E-state index contributed by atoms with van der Waals surface area (Å²) in [5.41, 5.74) is 0.427. The van der Waals surface area contributed by atoms with E-state index >= 15 is 0 Å².